The summed E-state index contributed by atoms with van der Waals surface area (Å²) in [4.78, 5) is 36.5. The van der Waals surface area contributed by atoms with Crippen LogP contribution in [0.4, 0.5) is 0 Å². The van der Waals surface area contributed by atoms with E-state index in [4.69, 9.17) is 27.6 Å². The average Bonchev–Trinajstić information content (AvgIpc) is 1.61. The van der Waals surface area contributed by atoms with E-state index in [0.717, 1.165) is 141 Å². The number of hydrogen-bond donors (Lipinski definition) is 0. The monoisotopic (exact) mass is 1560 g/mol. The van der Waals surface area contributed by atoms with E-state index in [1.807, 2.05) is 91.0 Å². The summed E-state index contributed by atoms with van der Waals surface area (Å²) in [5.41, 5.74) is 16.3. The van der Waals surface area contributed by atoms with Crippen LogP contribution in [0.3, 0.4) is 0 Å². The molecule has 10 aromatic heterocycles. The van der Waals surface area contributed by atoms with Crippen molar-refractivity contribution in [2.24, 2.45) is 0 Å². The fourth-order valence-corrected chi connectivity index (χ4v) is 13.2. The van der Waals surface area contributed by atoms with Gasteiger partial charge in [-0.3, -0.25) is 9.97 Å². The van der Waals surface area contributed by atoms with Gasteiger partial charge in [0.2, 0.25) is 23.6 Å². The van der Waals surface area contributed by atoms with Gasteiger partial charge in [-0.05, 0) is 123 Å². The summed E-state index contributed by atoms with van der Waals surface area (Å²) in [5.74, 6) is 2.28. The minimum absolute atomic E-state index is 0. The molecule has 0 bridgehead atoms. The van der Waals surface area contributed by atoms with Gasteiger partial charge in [0, 0.05) is 59.5 Å². The molecule has 0 atom stereocenters. The second-order valence-electron chi connectivity index (χ2n) is 20.5. The third-order valence-corrected chi connectivity index (χ3v) is 17.3. The van der Waals surface area contributed by atoms with E-state index in [1.165, 1.54) is 0 Å². The predicted octanol–water partition coefficient (Wildman–Crippen LogP) is 18.1. The number of fused-ring (bicyclic) bond motifs is 8. The van der Waals surface area contributed by atoms with Crippen LogP contribution in [0, 0.1) is 24.3 Å². The van der Waals surface area contributed by atoms with Crippen LogP contribution >= 0.6 is 22.7 Å². The number of rotatable bonds is 10. The summed E-state index contributed by atoms with van der Waals surface area (Å²) in [5, 5.41) is 6.10. The molecule has 0 aliphatic heterocycles. The van der Waals surface area contributed by atoms with Crippen LogP contribution in [0.15, 0.2) is 250 Å². The Morgan fingerprint density at radius 1 is 0.333 bits per heavy atom. The maximum absolute atomic E-state index is 5.72. The number of nitrogens with zero attached hydrogens (tertiary/aromatic N) is 10. The van der Waals surface area contributed by atoms with E-state index in [0.29, 0.717) is 23.6 Å². The largest absolute Gasteiger partial charge is 2.00 e. The van der Waals surface area contributed by atoms with Crippen molar-refractivity contribution in [2.75, 3.05) is 0 Å². The zero-order valence-corrected chi connectivity index (χ0v) is 52.7. The number of thiazole rings is 2. The van der Waals surface area contributed by atoms with Gasteiger partial charge in [0.1, 0.15) is 25.1 Å². The van der Waals surface area contributed by atoms with Gasteiger partial charge in [-0.15, -0.1) is 101 Å². The smallest absolute Gasteiger partial charge is 0.446 e. The van der Waals surface area contributed by atoms with Gasteiger partial charge >= 0.3 is 42.1 Å². The van der Waals surface area contributed by atoms with Gasteiger partial charge in [-0.1, -0.05) is 53.2 Å². The number of oxazole rings is 4. The van der Waals surface area contributed by atoms with Crippen LogP contribution in [-0.4, -0.2) is 49.0 Å². The average molecular weight is 1560 g/mol. The predicted molar refractivity (Wildman–Crippen MR) is 343 cm³/mol. The van der Waals surface area contributed by atoms with Gasteiger partial charge in [-0.2, -0.15) is 22.7 Å². The molecule has 0 amide bonds. The number of pyridine rings is 2. The molecule has 18 aromatic rings. The van der Waals surface area contributed by atoms with Crippen LogP contribution in [0.2, 0.25) is 0 Å². The van der Waals surface area contributed by atoms with Crippen LogP contribution in [0.25, 0.3) is 165 Å². The Morgan fingerprint density at radius 3 is 1.53 bits per heavy atom. The molecule has 0 radical (unpaired) electrons. The van der Waals surface area contributed by atoms with Crippen LogP contribution in [0.5, 0.6) is 0 Å². The van der Waals surface area contributed by atoms with Gasteiger partial charge in [-0.25, -0.2) is 19.9 Å². The second-order valence-corrected chi connectivity index (χ2v) is 22.5. The zero-order valence-electron chi connectivity index (χ0n) is 46.5. The molecular formula is C72H38N10O4Pt2S2. The minimum Gasteiger partial charge on any atom is -0.446 e. The first-order chi connectivity index (χ1) is 43.6. The first kappa shape index (κ1) is 56.2. The maximum atomic E-state index is 5.72. The Morgan fingerprint density at radius 2 is 0.878 bits per heavy atom. The molecule has 90 heavy (non-hydrogen) atoms. The fourth-order valence-electron chi connectivity index (χ4n) is 11.2. The summed E-state index contributed by atoms with van der Waals surface area (Å²) in [6.07, 6.45) is 16.5. The quantitative estimate of drug-likeness (QED) is 0.119. The van der Waals surface area contributed by atoms with Gasteiger partial charge < -0.3 is 36.8 Å². The molecule has 0 saturated heterocycles. The van der Waals surface area contributed by atoms with Crippen molar-refractivity contribution in [1.29, 1.82) is 0 Å². The standard InChI is InChI=1S/2C36H19N5O2S.2Pt/c1-2-13-37-29(6-1)22-4-3-5-26(18-22)41-31-11-8-23(34-38-14-16-42-34)19-28(31)27-10-7-25(21-32(27)41)36-40-30-20-24(9-12-33(30)44-36)35-39-15-17-43-35;1-2-7-31-27(5-1)28-10-8-23(36-40-30-11-9-22(21-33(30)44-36)34-38-13-15-42-34)20-32(28)41(31)26-18-24(29-6-3-4-12-37-29)17-25(19-26)35-39-14-16-43-35;;/h1-17,19-20H;1-17,19,21H;;/q2*-2;2*+2. The number of benzene rings is 8. The molecule has 0 fully saturated rings. The Bertz CT molecular complexity index is 5590. The molecule has 0 unspecified atom stereocenters. The van der Waals surface area contributed by atoms with E-state index >= 15 is 0 Å². The van der Waals surface area contributed by atoms with E-state index in [-0.39, 0.29) is 42.1 Å². The summed E-state index contributed by atoms with van der Waals surface area (Å²) < 4.78 is 28.9. The molecule has 10 heterocycles. The van der Waals surface area contributed by atoms with Gasteiger partial charge in [0.15, 0.2) is 0 Å². The molecule has 0 aliphatic rings. The molecule has 18 heteroatoms. The van der Waals surface area contributed by atoms with E-state index < -0.39 is 0 Å². The first-order valence-corrected chi connectivity index (χ1v) is 29.5. The van der Waals surface area contributed by atoms with Crippen LogP contribution < -0.4 is 0 Å². The second kappa shape index (κ2) is 23.6. The van der Waals surface area contributed by atoms with Crippen molar-refractivity contribution in [3.63, 3.8) is 0 Å². The summed E-state index contributed by atoms with van der Waals surface area (Å²) in [6.45, 7) is 0. The molecule has 8 aromatic carbocycles. The first-order valence-electron chi connectivity index (χ1n) is 27.9. The fraction of sp³-hybridized carbons (Fsp3) is 0. The Balaban J connectivity index is 0.000000147. The Kier molecular flexibility index (Phi) is 14.8. The molecule has 0 saturated carbocycles. The third-order valence-electron chi connectivity index (χ3n) is 15.2. The number of para-hydroxylation sites is 1. The Labute approximate surface area is 548 Å². The Hall–Kier alpha value is -10.3. The normalized spacial score (nSPS) is 11.4. The van der Waals surface area contributed by atoms with Gasteiger partial charge in [0.25, 0.3) is 0 Å². The van der Waals surface area contributed by atoms with E-state index in [2.05, 4.69) is 142 Å². The molecule has 432 valence electrons. The summed E-state index contributed by atoms with van der Waals surface area (Å²) in [6, 6.07) is 71.9. The topological polar surface area (TPSA) is 166 Å². The van der Waals surface area contributed by atoms with E-state index in [1.54, 1.807) is 84.9 Å². The number of hydrogen-bond acceptors (Lipinski definition) is 14. The minimum atomic E-state index is 0. The zero-order chi connectivity index (χ0) is 58.1. The number of aromatic nitrogens is 10. The summed E-state index contributed by atoms with van der Waals surface area (Å²) in [7, 11) is 0. The van der Waals surface area contributed by atoms with Crippen LogP contribution in [-0.2, 0) is 42.1 Å². The maximum Gasteiger partial charge on any atom is 2.00 e. The third kappa shape index (κ3) is 10.2. The van der Waals surface area contributed by atoms with Crippen molar-refractivity contribution in [1.82, 2.24) is 49.0 Å². The van der Waals surface area contributed by atoms with Gasteiger partial charge in [0.05, 0.1) is 35.8 Å². The molecule has 0 aliphatic carbocycles. The molecule has 0 spiro atoms. The van der Waals surface area contributed by atoms with Crippen LogP contribution in [0.1, 0.15) is 0 Å². The summed E-state index contributed by atoms with van der Waals surface area (Å²) >= 11 is 3.26. The SMILES string of the molecule is [Pt+2].[Pt+2].[c-]1c(-c2ccccn2)cc(-c2ncco2)cc1-n1c2[c-]c(-c3nc4ccc(-c5ncco5)cc4s3)ccc2c2ccccc21.[c-]1c(-c2ccccn2)cccc1-n1c2[c-]c(-c3nc4cc(-c5ncco5)ccc4s3)ccc2c2cc(-c3ncco3)ccc21. The van der Waals surface area contributed by atoms with Crippen molar-refractivity contribution in [3.05, 3.63) is 256 Å². The molecule has 18 rings (SSSR count). The van der Waals surface area contributed by atoms with Crippen molar-refractivity contribution in [3.8, 4) is 101 Å². The van der Waals surface area contributed by atoms with E-state index in [9.17, 15) is 0 Å². The van der Waals surface area contributed by atoms with Crippen molar-refractivity contribution < 1.29 is 59.8 Å². The molecule has 0 N–H and O–H groups in total. The van der Waals surface area contributed by atoms with Crippen molar-refractivity contribution >= 4 is 86.7 Å². The van der Waals surface area contributed by atoms with Crippen molar-refractivity contribution in [2.45, 2.75) is 0 Å². The molecular weight excluding hydrogens is 1520 g/mol. The molecule has 14 nitrogen and oxygen atoms in total.